The maximum Gasteiger partial charge on any atom is 0.337 e. The average Bonchev–Trinajstić information content (AvgIpc) is 3.10. The molecule has 1 fully saturated rings. The number of aromatic nitrogens is 1. The Kier molecular flexibility index (Phi) is 3.31. The zero-order valence-corrected chi connectivity index (χ0v) is 10.3. The van der Waals surface area contributed by atoms with E-state index < -0.39 is 5.97 Å². The molecule has 0 radical (unpaired) electrons. The highest BCUT2D eigenvalue weighted by Crippen LogP contribution is 2.31. The maximum absolute atomic E-state index is 10.8. The number of carbonyl (C=O) groups is 1. The van der Waals surface area contributed by atoms with Crippen LogP contribution in [0.1, 0.15) is 35.7 Å². The lowest BCUT2D eigenvalue weighted by Gasteiger charge is -2.23. The van der Waals surface area contributed by atoms with Gasteiger partial charge in [-0.05, 0) is 44.2 Å². The highest BCUT2D eigenvalue weighted by molar-refractivity contribution is 5.87. The molecule has 1 aliphatic carbocycles. The molecule has 0 aromatic carbocycles. The zero-order chi connectivity index (χ0) is 12.4. The summed E-state index contributed by atoms with van der Waals surface area (Å²) in [4.78, 5) is 17.4. The average molecular weight is 234 g/mol. The van der Waals surface area contributed by atoms with Crippen molar-refractivity contribution in [1.82, 2.24) is 4.98 Å². The van der Waals surface area contributed by atoms with Gasteiger partial charge in [-0.2, -0.15) is 0 Å². The van der Waals surface area contributed by atoms with Crippen LogP contribution >= 0.6 is 0 Å². The Morgan fingerprint density at radius 1 is 1.59 bits per heavy atom. The fourth-order valence-electron chi connectivity index (χ4n) is 1.99. The molecule has 0 aliphatic heterocycles. The molecule has 0 saturated heterocycles. The Hall–Kier alpha value is -1.58. The second-order valence-electron chi connectivity index (χ2n) is 4.65. The Bertz CT molecular complexity index is 427. The highest BCUT2D eigenvalue weighted by atomic mass is 16.4. The van der Waals surface area contributed by atoms with Gasteiger partial charge in [0.25, 0.3) is 0 Å². The van der Waals surface area contributed by atoms with Gasteiger partial charge in [0.2, 0.25) is 0 Å². The molecule has 4 heteroatoms. The number of aromatic carboxylic acids is 1. The Morgan fingerprint density at radius 3 is 2.76 bits per heavy atom. The number of anilines is 1. The summed E-state index contributed by atoms with van der Waals surface area (Å²) >= 11 is 0. The van der Waals surface area contributed by atoms with Crippen LogP contribution in [0.5, 0.6) is 0 Å². The van der Waals surface area contributed by atoms with Gasteiger partial charge < -0.3 is 10.0 Å². The summed E-state index contributed by atoms with van der Waals surface area (Å²) in [6, 6.07) is 1.69. The minimum atomic E-state index is -0.919. The van der Waals surface area contributed by atoms with Crippen molar-refractivity contribution in [1.29, 1.82) is 0 Å². The van der Waals surface area contributed by atoms with E-state index in [0.717, 1.165) is 30.4 Å². The molecule has 0 unspecified atom stereocenters. The second-order valence-corrected chi connectivity index (χ2v) is 4.65. The fourth-order valence-corrected chi connectivity index (χ4v) is 1.99. The molecule has 92 valence electrons. The zero-order valence-electron chi connectivity index (χ0n) is 10.3. The van der Waals surface area contributed by atoms with E-state index in [1.54, 1.807) is 6.07 Å². The van der Waals surface area contributed by atoms with Crippen LogP contribution in [0, 0.1) is 12.8 Å². The topological polar surface area (TPSA) is 53.4 Å². The first-order chi connectivity index (χ1) is 8.11. The third-order valence-electron chi connectivity index (χ3n) is 3.15. The third-order valence-corrected chi connectivity index (χ3v) is 3.15. The number of carboxylic acid groups (broad SMARTS) is 1. The van der Waals surface area contributed by atoms with E-state index in [1.165, 1.54) is 19.0 Å². The van der Waals surface area contributed by atoms with E-state index in [0.29, 0.717) is 0 Å². The monoisotopic (exact) mass is 234 g/mol. The molecule has 4 nitrogen and oxygen atoms in total. The molecule has 2 rings (SSSR count). The van der Waals surface area contributed by atoms with Crippen molar-refractivity contribution in [3.63, 3.8) is 0 Å². The molecule has 1 aromatic heterocycles. The number of nitrogens with zero attached hydrogens (tertiary/aromatic N) is 2. The van der Waals surface area contributed by atoms with Gasteiger partial charge in [-0.15, -0.1) is 0 Å². The van der Waals surface area contributed by atoms with Crippen molar-refractivity contribution in [2.45, 2.75) is 26.7 Å². The molecule has 1 aliphatic rings. The molecule has 0 bridgehead atoms. The molecule has 1 N–H and O–H groups in total. The Morgan fingerprint density at radius 2 is 2.29 bits per heavy atom. The van der Waals surface area contributed by atoms with Crippen molar-refractivity contribution in [2.24, 2.45) is 5.92 Å². The van der Waals surface area contributed by atoms with Crippen LogP contribution in [0.3, 0.4) is 0 Å². The summed E-state index contributed by atoms with van der Waals surface area (Å²) in [6.45, 7) is 5.98. The van der Waals surface area contributed by atoms with Gasteiger partial charge in [0.05, 0.1) is 5.56 Å². The summed E-state index contributed by atoms with van der Waals surface area (Å²) in [5, 5.41) is 8.90. The summed E-state index contributed by atoms with van der Waals surface area (Å²) < 4.78 is 0. The van der Waals surface area contributed by atoms with Crippen molar-refractivity contribution in [2.75, 3.05) is 18.0 Å². The largest absolute Gasteiger partial charge is 0.478 e. The van der Waals surface area contributed by atoms with Crippen LogP contribution < -0.4 is 4.90 Å². The van der Waals surface area contributed by atoms with E-state index in [-0.39, 0.29) is 5.56 Å². The first kappa shape index (κ1) is 11.9. The van der Waals surface area contributed by atoms with E-state index in [4.69, 9.17) is 5.11 Å². The summed E-state index contributed by atoms with van der Waals surface area (Å²) in [5.74, 6) is 0.803. The van der Waals surface area contributed by atoms with E-state index in [1.807, 2.05) is 6.92 Å². The quantitative estimate of drug-likeness (QED) is 0.849. The number of rotatable bonds is 5. The maximum atomic E-state index is 10.8. The van der Waals surface area contributed by atoms with Crippen LogP contribution in [0.15, 0.2) is 12.3 Å². The molecular weight excluding hydrogens is 216 g/mol. The van der Waals surface area contributed by atoms with Crippen LogP contribution in [0.25, 0.3) is 0 Å². The first-order valence-electron chi connectivity index (χ1n) is 6.06. The van der Waals surface area contributed by atoms with Crippen molar-refractivity contribution < 1.29 is 9.90 Å². The lowest BCUT2D eigenvalue weighted by Crippen LogP contribution is -2.27. The van der Waals surface area contributed by atoms with Gasteiger partial charge in [0.15, 0.2) is 0 Å². The molecule has 1 aromatic rings. The number of carboxylic acids is 1. The van der Waals surface area contributed by atoms with Gasteiger partial charge >= 0.3 is 5.97 Å². The summed E-state index contributed by atoms with van der Waals surface area (Å²) in [6.07, 6.45) is 4.06. The van der Waals surface area contributed by atoms with Gasteiger partial charge in [-0.25, -0.2) is 9.78 Å². The molecule has 0 atom stereocenters. The van der Waals surface area contributed by atoms with Crippen LogP contribution in [-0.2, 0) is 0 Å². The first-order valence-corrected chi connectivity index (χ1v) is 6.06. The molecule has 17 heavy (non-hydrogen) atoms. The van der Waals surface area contributed by atoms with Gasteiger partial charge in [-0.1, -0.05) is 0 Å². The second kappa shape index (κ2) is 4.73. The SMILES string of the molecule is CCN(CC1CC1)c1ncc(C(=O)O)cc1C. The molecule has 1 saturated carbocycles. The lowest BCUT2D eigenvalue weighted by molar-refractivity contribution is 0.0696. The number of aryl methyl sites for hydroxylation is 1. The fraction of sp³-hybridized carbons (Fsp3) is 0.538. The molecule has 0 spiro atoms. The minimum absolute atomic E-state index is 0.258. The molecule has 1 heterocycles. The van der Waals surface area contributed by atoms with E-state index in [9.17, 15) is 4.79 Å². The smallest absolute Gasteiger partial charge is 0.337 e. The summed E-state index contributed by atoms with van der Waals surface area (Å²) in [7, 11) is 0. The van der Waals surface area contributed by atoms with Gasteiger partial charge in [0.1, 0.15) is 5.82 Å². The predicted octanol–water partition coefficient (Wildman–Crippen LogP) is 2.32. The third kappa shape index (κ3) is 2.75. The molecular formula is C13H18N2O2. The number of hydrogen-bond donors (Lipinski definition) is 1. The minimum Gasteiger partial charge on any atom is -0.478 e. The lowest BCUT2D eigenvalue weighted by atomic mass is 10.2. The van der Waals surface area contributed by atoms with E-state index >= 15 is 0 Å². The van der Waals surface area contributed by atoms with Crippen LogP contribution in [0.4, 0.5) is 5.82 Å². The standard InChI is InChI=1S/C13H18N2O2/c1-3-15(8-10-4-5-10)12-9(2)6-11(7-14-12)13(16)17/h6-7,10H,3-5,8H2,1-2H3,(H,16,17). The van der Waals surface area contributed by atoms with Crippen LogP contribution in [0.2, 0.25) is 0 Å². The van der Waals surface area contributed by atoms with Gasteiger partial charge in [-0.3, -0.25) is 0 Å². The van der Waals surface area contributed by atoms with Crippen molar-refractivity contribution in [3.8, 4) is 0 Å². The van der Waals surface area contributed by atoms with Crippen molar-refractivity contribution in [3.05, 3.63) is 23.4 Å². The van der Waals surface area contributed by atoms with Gasteiger partial charge in [0, 0.05) is 19.3 Å². The van der Waals surface area contributed by atoms with E-state index in [2.05, 4.69) is 16.8 Å². The number of hydrogen-bond acceptors (Lipinski definition) is 3. The van der Waals surface area contributed by atoms with Crippen LogP contribution in [-0.4, -0.2) is 29.1 Å². The predicted molar refractivity (Wildman–Crippen MR) is 66.5 cm³/mol. The molecule has 0 amide bonds. The normalized spacial score (nSPS) is 14.7. The Balaban J connectivity index is 2.20. The Labute approximate surface area is 101 Å². The van der Waals surface area contributed by atoms with Crippen molar-refractivity contribution >= 4 is 11.8 Å². The summed E-state index contributed by atoms with van der Waals surface area (Å²) in [5.41, 5.74) is 1.20. The number of pyridine rings is 1. The highest BCUT2D eigenvalue weighted by Gasteiger charge is 2.25.